The minimum Gasteiger partial charge on any atom is -0.446 e. The van der Waals surface area contributed by atoms with Crippen LogP contribution in [-0.4, -0.2) is 41.3 Å². The van der Waals surface area contributed by atoms with Gasteiger partial charge in [-0.15, -0.1) is 0 Å². The van der Waals surface area contributed by atoms with Gasteiger partial charge >= 0.3 is 6.09 Å². The zero-order valence-corrected chi connectivity index (χ0v) is 15.1. The molecule has 138 valence electrons. The number of hydrogen-bond donors (Lipinski definition) is 2. The van der Waals surface area contributed by atoms with Gasteiger partial charge in [-0.3, -0.25) is 0 Å². The first-order chi connectivity index (χ1) is 12.0. The molecule has 1 aliphatic heterocycles. The van der Waals surface area contributed by atoms with E-state index in [1.54, 1.807) is 0 Å². The highest BCUT2D eigenvalue weighted by atomic mass is 16.6. The summed E-state index contributed by atoms with van der Waals surface area (Å²) < 4.78 is 5.06. The van der Waals surface area contributed by atoms with Gasteiger partial charge in [-0.25, -0.2) is 14.8 Å². The molecule has 3 N–H and O–H groups in total. The SMILES string of the molecule is CC(C)C1CCN(c2ncc(NC3CCC(OC(N)=O)C3)cn2)CC1. The summed E-state index contributed by atoms with van der Waals surface area (Å²) in [6.07, 6.45) is 7.89. The van der Waals surface area contributed by atoms with Crippen LogP contribution < -0.4 is 16.0 Å². The fourth-order valence-electron chi connectivity index (χ4n) is 3.90. The highest BCUT2D eigenvalue weighted by Crippen LogP contribution is 2.27. The van der Waals surface area contributed by atoms with Crippen molar-refractivity contribution in [2.24, 2.45) is 17.6 Å². The number of piperidine rings is 1. The molecule has 7 heteroatoms. The Balaban J connectivity index is 1.49. The Kier molecular flexibility index (Phi) is 5.60. The molecule has 1 aromatic heterocycles. The van der Waals surface area contributed by atoms with Gasteiger partial charge in [-0.05, 0) is 37.5 Å². The van der Waals surface area contributed by atoms with Crippen molar-refractivity contribution >= 4 is 17.7 Å². The van der Waals surface area contributed by atoms with Gasteiger partial charge in [0.2, 0.25) is 5.95 Å². The summed E-state index contributed by atoms with van der Waals surface area (Å²) in [6.45, 7) is 6.67. The van der Waals surface area contributed by atoms with Crippen molar-refractivity contribution in [3.63, 3.8) is 0 Å². The van der Waals surface area contributed by atoms with Crippen LogP contribution in [0.25, 0.3) is 0 Å². The Hall–Kier alpha value is -2.05. The van der Waals surface area contributed by atoms with Crippen LogP contribution in [0.5, 0.6) is 0 Å². The maximum atomic E-state index is 10.8. The third-order valence-electron chi connectivity index (χ3n) is 5.44. The van der Waals surface area contributed by atoms with Crippen molar-refractivity contribution in [3.8, 4) is 0 Å². The molecule has 1 aliphatic carbocycles. The van der Waals surface area contributed by atoms with E-state index in [2.05, 4.69) is 34.0 Å². The number of amides is 1. The summed E-state index contributed by atoms with van der Waals surface area (Å²) in [4.78, 5) is 22.2. The van der Waals surface area contributed by atoms with Gasteiger partial charge in [0.25, 0.3) is 0 Å². The van der Waals surface area contributed by atoms with Crippen LogP contribution >= 0.6 is 0 Å². The van der Waals surface area contributed by atoms with Gasteiger partial charge in [0.15, 0.2) is 0 Å². The second-order valence-corrected chi connectivity index (χ2v) is 7.55. The van der Waals surface area contributed by atoms with Crippen molar-refractivity contribution < 1.29 is 9.53 Å². The molecule has 0 aromatic carbocycles. The molecule has 25 heavy (non-hydrogen) atoms. The summed E-state index contributed by atoms with van der Waals surface area (Å²) in [7, 11) is 0. The normalized spacial score (nSPS) is 24.5. The largest absolute Gasteiger partial charge is 0.446 e. The summed E-state index contributed by atoms with van der Waals surface area (Å²) in [5.74, 6) is 2.38. The molecule has 1 aromatic rings. The predicted octanol–water partition coefficient (Wildman–Crippen LogP) is 2.78. The lowest BCUT2D eigenvalue weighted by Crippen LogP contribution is -2.36. The van der Waals surface area contributed by atoms with E-state index < -0.39 is 6.09 Å². The van der Waals surface area contributed by atoms with Crippen LogP contribution in [0.2, 0.25) is 0 Å². The summed E-state index contributed by atoms with van der Waals surface area (Å²) in [6, 6.07) is 0.264. The van der Waals surface area contributed by atoms with E-state index in [4.69, 9.17) is 10.5 Å². The molecule has 1 amide bonds. The number of rotatable bonds is 5. The van der Waals surface area contributed by atoms with Crippen LogP contribution in [0.1, 0.15) is 46.0 Å². The predicted molar refractivity (Wildman–Crippen MR) is 97.5 cm³/mol. The molecular weight excluding hydrogens is 318 g/mol. The number of anilines is 2. The number of ether oxygens (including phenoxy) is 1. The van der Waals surface area contributed by atoms with E-state index >= 15 is 0 Å². The van der Waals surface area contributed by atoms with Crippen molar-refractivity contribution in [1.29, 1.82) is 0 Å². The Labute approximate surface area is 149 Å². The number of nitrogens with zero attached hydrogens (tertiary/aromatic N) is 3. The van der Waals surface area contributed by atoms with Crippen molar-refractivity contribution in [3.05, 3.63) is 12.4 Å². The van der Waals surface area contributed by atoms with E-state index in [0.29, 0.717) is 0 Å². The maximum Gasteiger partial charge on any atom is 0.404 e. The molecule has 2 aliphatic rings. The number of carbonyl (C=O) groups is 1. The van der Waals surface area contributed by atoms with Crippen LogP contribution in [0, 0.1) is 11.8 Å². The second-order valence-electron chi connectivity index (χ2n) is 7.55. The van der Waals surface area contributed by atoms with Crippen LogP contribution in [0.3, 0.4) is 0 Å². The van der Waals surface area contributed by atoms with E-state index in [-0.39, 0.29) is 12.1 Å². The molecule has 0 radical (unpaired) electrons. The lowest BCUT2D eigenvalue weighted by Gasteiger charge is -2.33. The Morgan fingerprint density at radius 1 is 1.24 bits per heavy atom. The molecule has 0 bridgehead atoms. The van der Waals surface area contributed by atoms with E-state index in [1.165, 1.54) is 12.8 Å². The molecule has 2 unspecified atom stereocenters. The number of aromatic nitrogens is 2. The quantitative estimate of drug-likeness (QED) is 0.851. The topological polar surface area (TPSA) is 93.4 Å². The third kappa shape index (κ3) is 4.74. The van der Waals surface area contributed by atoms with Crippen LogP contribution in [0.15, 0.2) is 12.4 Å². The molecular formula is C18H29N5O2. The maximum absolute atomic E-state index is 10.8. The van der Waals surface area contributed by atoms with Gasteiger partial charge in [0.1, 0.15) is 6.10 Å². The van der Waals surface area contributed by atoms with E-state index in [1.807, 2.05) is 12.4 Å². The van der Waals surface area contributed by atoms with Gasteiger partial charge in [0, 0.05) is 25.6 Å². The first-order valence-corrected chi connectivity index (χ1v) is 9.31. The Morgan fingerprint density at radius 3 is 2.52 bits per heavy atom. The molecule has 7 nitrogen and oxygen atoms in total. The fraction of sp³-hybridized carbons (Fsp3) is 0.722. The highest BCUT2D eigenvalue weighted by molar-refractivity contribution is 5.64. The van der Waals surface area contributed by atoms with Gasteiger partial charge in [-0.1, -0.05) is 13.8 Å². The zero-order chi connectivity index (χ0) is 17.8. The Morgan fingerprint density at radius 2 is 1.92 bits per heavy atom. The molecule has 1 saturated heterocycles. The molecule has 2 heterocycles. The first kappa shape index (κ1) is 17.8. The summed E-state index contributed by atoms with van der Waals surface area (Å²) in [5, 5.41) is 3.42. The monoisotopic (exact) mass is 347 g/mol. The van der Waals surface area contributed by atoms with Gasteiger partial charge in [-0.2, -0.15) is 0 Å². The van der Waals surface area contributed by atoms with Crippen LogP contribution in [-0.2, 0) is 4.74 Å². The van der Waals surface area contributed by atoms with Crippen LogP contribution in [0.4, 0.5) is 16.4 Å². The lowest BCUT2D eigenvalue weighted by atomic mass is 9.87. The standard InChI is InChI=1S/C18H29N5O2/c1-12(2)13-5-7-23(8-6-13)18-20-10-15(11-21-18)22-14-3-4-16(9-14)25-17(19)24/h10-14,16,22H,3-9H2,1-2H3,(H2,19,24). The Bertz CT molecular complexity index is 569. The average molecular weight is 347 g/mol. The van der Waals surface area contributed by atoms with E-state index in [0.717, 1.165) is 55.8 Å². The number of nitrogens with one attached hydrogen (secondary N) is 1. The van der Waals surface area contributed by atoms with E-state index in [9.17, 15) is 4.79 Å². The van der Waals surface area contributed by atoms with Gasteiger partial charge in [0.05, 0.1) is 18.1 Å². The minimum atomic E-state index is -0.695. The van der Waals surface area contributed by atoms with Gasteiger partial charge < -0.3 is 20.7 Å². The van der Waals surface area contributed by atoms with Crippen molar-refractivity contribution in [1.82, 2.24) is 9.97 Å². The first-order valence-electron chi connectivity index (χ1n) is 9.31. The number of primary amides is 1. The highest BCUT2D eigenvalue weighted by Gasteiger charge is 2.27. The fourth-order valence-corrected chi connectivity index (χ4v) is 3.90. The molecule has 3 rings (SSSR count). The third-order valence-corrected chi connectivity index (χ3v) is 5.44. The average Bonchev–Trinajstić information content (AvgIpc) is 3.02. The number of nitrogens with two attached hydrogens (primary N) is 1. The molecule has 2 fully saturated rings. The lowest BCUT2D eigenvalue weighted by molar-refractivity contribution is 0.110. The van der Waals surface area contributed by atoms with Crippen molar-refractivity contribution in [2.75, 3.05) is 23.3 Å². The minimum absolute atomic E-state index is 0.0857. The smallest absolute Gasteiger partial charge is 0.404 e. The number of carbonyl (C=O) groups excluding carboxylic acids is 1. The zero-order valence-electron chi connectivity index (χ0n) is 15.1. The summed E-state index contributed by atoms with van der Waals surface area (Å²) in [5.41, 5.74) is 5.98. The molecule has 1 saturated carbocycles. The summed E-state index contributed by atoms with van der Waals surface area (Å²) >= 11 is 0. The van der Waals surface area contributed by atoms with Crippen molar-refractivity contribution in [2.45, 2.75) is 58.1 Å². The molecule has 0 spiro atoms. The second kappa shape index (κ2) is 7.89. The molecule has 2 atom stereocenters. The number of hydrogen-bond acceptors (Lipinski definition) is 6.